The molecule has 0 aliphatic carbocycles. The van der Waals surface area contributed by atoms with Gasteiger partial charge in [-0.1, -0.05) is 189 Å². The number of esters is 3. The molecule has 12 heteroatoms. The predicted molar refractivity (Wildman–Crippen MR) is 270 cm³/mol. The first kappa shape index (κ1) is 62.4. The van der Waals surface area contributed by atoms with E-state index >= 15 is 0 Å². The molecule has 66 heavy (non-hydrogen) atoms. The van der Waals surface area contributed by atoms with Gasteiger partial charge in [-0.05, 0) is 77.0 Å². The molecule has 0 aromatic rings. The van der Waals surface area contributed by atoms with E-state index in [0.29, 0.717) is 19.3 Å². The van der Waals surface area contributed by atoms with E-state index in [0.717, 1.165) is 83.5 Å². The Morgan fingerprint density at radius 3 is 1.33 bits per heavy atom. The Kier molecular flexibility index (Phi) is 45.3. The minimum atomic E-state index is -4.77. The van der Waals surface area contributed by atoms with Gasteiger partial charge < -0.3 is 24.2 Å². The number of phosphoric acid groups is 1. The van der Waals surface area contributed by atoms with E-state index in [1.54, 1.807) is 6.08 Å². The van der Waals surface area contributed by atoms with Crippen molar-refractivity contribution in [2.45, 2.75) is 200 Å². The number of carbonyl (C=O) groups is 3. The Labute approximate surface area is 400 Å². The molecule has 0 bridgehead atoms. The van der Waals surface area contributed by atoms with E-state index in [2.05, 4.69) is 93.7 Å². The van der Waals surface area contributed by atoms with Gasteiger partial charge in [-0.2, -0.15) is 0 Å². The maximum absolute atomic E-state index is 12.8. The Bertz CT molecular complexity index is 1480. The number of hydrogen-bond acceptors (Lipinski definition) is 10. The third-order valence-corrected chi connectivity index (χ3v) is 11.0. The highest BCUT2D eigenvalue weighted by molar-refractivity contribution is 7.47. The average Bonchev–Trinajstić information content (AvgIpc) is 3.30. The summed E-state index contributed by atoms with van der Waals surface area (Å²) < 4.78 is 39.1. The van der Waals surface area contributed by atoms with Crippen LogP contribution in [0, 0.1) is 0 Å². The number of unbranched alkanes of at least 4 members (excludes halogenated alkanes) is 13. The van der Waals surface area contributed by atoms with Crippen molar-refractivity contribution in [1.29, 1.82) is 0 Å². The van der Waals surface area contributed by atoms with Crippen molar-refractivity contribution in [2.75, 3.05) is 26.4 Å². The Morgan fingerprint density at radius 1 is 0.455 bits per heavy atom. The second-order valence-electron chi connectivity index (χ2n) is 16.2. The maximum Gasteiger partial charge on any atom is 0.472 e. The number of hydrogen-bond donors (Lipinski definition) is 2. The highest BCUT2D eigenvalue weighted by Crippen LogP contribution is 2.43. The zero-order valence-corrected chi connectivity index (χ0v) is 42.0. The van der Waals surface area contributed by atoms with Crippen molar-refractivity contribution in [3.05, 3.63) is 97.2 Å². The molecular weight excluding hydrogens is 856 g/mol. The predicted octanol–water partition coefficient (Wildman–Crippen LogP) is 14.1. The van der Waals surface area contributed by atoms with Crippen molar-refractivity contribution in [1.82, 2.24) is 0 Å². The molecule has 0 heterocycles. The fraction of sp³-hybridized carbons (Fsp3) is 0.648. The summed E-state index contributed by atoms with van der Waals surface area (Å²) >= 11 is 0. The molecule has 0 aromatic heterocycles. The van der Waals surface area contributed by atoms with Crippen LogP contribution in [-0.4, -0.2) is 66.5 Å². The van der Waals surface area contributed by atoms with Crippen molar-refractivity contribution in [3.63, 3.8) is 0 Å². The summed E-state index contributed by atoms with van der Waals surface area (Å²) in [6.45, 7) is 4.23. The zero-order valence-electron chi connectivity index (χ0n) is 41.1. The first-order valence-electron chi connectivity index (χ1n) is 25.1. The van der Waals surface area contributed by atoms with Gasteiger partial charge in [-0.15, -0.1) is 0 Å². The van der Waals surface area contributed by atoms with Crippen LogP contribution in [0.25, 0.3) is 0 Å². The zero-order chi connectivity index (χ0) is 48.4. The van der Waals surface area contributed by atoms with Crippen LogP contribution in [0.15, 0.2) is 97.2 Å². The van der Waals surface area contributed by atoms with Gasteiger partial charge in [-0.25, -0.2) is 4.57 Å². The SMILES string of the molecule is CC/C=C\C/C=C\C/C=C\C/C=C\C/C=C\CC(=O)OC(COC(=O)CCCCCCCCCCCCC)COP(=O)(O)OCC(CO)OC(=O)CCCCC/C=C\C/C=C\C/C=C\CC. The Balaban J connectivity index is 4.89. The largest absolute Gasteiger partial charge is 0.472 e. The van der Waals surface area contributed by atoms with Crippen molar-refractivity contribution >= 4 is 25.7 Å². The summed E-state index contributed by atoms with van der Waals surface area (Å²) in [5, 5.41) is 9.75. The van der Waals surface area contributed by atoms with Crippen LogP contribution in [0.2, 0.25) is 0 Å². The second-order valence-corrected chi connectivity index (χ2v) is 17.7. The quantitative estimate of drug-likeness (QED) is 0.0197. The van der Waals surface area contributed by atoms with Gasteiger partial charge in [0.05, 0.1) is 26.2 Å². The van der Waals surface area contributed by atoms with Crippen molar-refractivity contribution < 1.29 is 52.2 Å². The van der Waals surface area contributed by atoms with Crippen LogP contribution < -0.4 is 0 Å². The average molecular weight is 945 g/mol. The number of rotatable bonds is 45. The summed E-state index contributed by atoms with van der Waals surface area (Å²) in [5.74, 6) is -1.66. The van der Waals surface area contributed by atoms with Crippen molar-refractivity contribution in [2.24, 2.45) is 0 Å². The van der Waals surface area contributed by atoms with E-state index in [1.807, 2.05) is 18.2 Å². The summed E-state index contributed by atoms with van der Waals surface area (Å²) in [5.41, 5.74) is 0. The van der Waals surface area contributed by atoms with Crippen LogP contribution in [0.1, 0.15) is 188 Å². The normalized spacial score (nSPS) is 14.3. The topological polar surface area (TPSA) is 155 Å². The summed E-state index contributed by atoms with van der Waals surface area (Å²) in [6.07, 6.45) is 54.2. The number of phosphoric ester groups is 1. The standard InChI is InChI=1S/C54H89O11P/c1-4-7-10-13-16-19-22-24-25-27-30-33-36-39-42-45-54(58)65-51(47-61-52(56)43-40-37-34-31-28-21-18-15-12-9-6-3)49-63-66(59,60)62-48-50(46-55)64-53(57)44-41-38-35-32-29-26-23-20-17-14-11-8-5-2/h7-8,10-11,16-17,19-20,24-26,29-30,33,39,42,50-51,55H,4-6,9,12-15,18,21-23,27-28,31-32,34-38,40-41,43-49H2,1-3H3,(H,59,60)/b10-7-,11-8-,19-16-,20-17-,25-24-,29-26-,33-30-,42-39-. The molecule has 0 aromatic carbocycles. The van der Waals surface area contributed by atoms with E-state index in [9.17, 15) is 28.9 Å². The van der Waals surface area contributed by atoms with E-state index < -0.39 is 57.8 Å². The monoisotopic (exact) mass is 945 g/mol. The molecule has 0 amide bonds. The van der Waals surface area contributed by atoms with E-state index in [1.165, 1.54) is 44.9 Å². The van der Waals surface area contributed by atoms with Crippen LogP contribution in [0.3, 0.4) is 0 Å². The lowest BCUT2D eigenvalue weighted by Crippen LogP contribution is -2.30. The Hall–Kier alpha value is -3.60. The molecule has 3 atom stereocenters. The fourth-order valence-corrected chi connectivity index (χ4v) is 7.05. The van der Waals surface area contributed by atoms with Crippen LogP contribution >= 0.6 is 7.82 Å². The molecule has 3 unspecified atom stereocenters. The van der Waals surface area contributed by atoms with Gasteiger partial charge in [0.25, 0.3) is 0 Å². The minimum Gasteiger partial charge on any atom is -0.462 e. The van der Waals surface area contributed by atoms with Crippen LogP contribution in [-0.2, 0) is 42.2 Å². The lowest BCUT2D eigenvalue weighted by molar-refractivity contribution is -0.160. The third kappa shape index (κ3) is 45.6. The highest BCUT2D eigenvalue weighted by atomic mass is 31.2. The maximum atomic E-state index is 12.8. The lowest BCUT2D eigenvalue weighted by atomic mass is 10.1. The molecule has 0 rings (SSSR count). The second kappa shape index (κ2) is 47.9. The molecule has 0 radical (unpaired) electrons. The number of allylic oxidation sites excluding steroid dienone is 15. The third-order valence-electron chi connectivity index (χ3n) is 10.0. The van der Waals surface area contributed by atoms with Gasteiger partial charge in [0.15, 0.2) is 6.10 Å². The summed E-state index contributed by atoms with van der Waals surface area (Å²) in [6, 6.07) is 0. The van der Waals surface area contributed by atoms with Gasteiger partial charge in [0, 0.05) is 12.8 Å². The lowest BCUT2D eigenvalue weighted by Gasteiger charge is -2.21. The summed E-state index contributed by atoms with van der Waals surface area (Å²) in [4.78, 5) is 48.1. The molecule has 0 saturated carbocycles. The molecule has 0 spiro atoms. The molecule has 0 fully saturated rings. The smallest absolute Gasteiger partial charge is 0.462 e. The number of ether oxygens (including phenoxy) is 3. The number of carbonyl (C=O) groups excluding carboxylic acids is 3. The van der Waals surface area contributed by atoms with Gasteiger partial charge in [0.1, 0.15) is 12.7 Å². The Morgan fingerprint density at radius 2 is 0.848 bits per heavy atom. The molecule has 0 aliphatic heterocycles. The van der Waals surface area contributed by atoms with Gasteiger partial charge >= 0.3 is 25.7 Å². The molecule has 0 aliphatic rings. The van der Waals surface area contributed by atoms with E-state index in [4.69, 9.17) is 23.3 Å². The van der Waals surface area contributed by atoms with E-state index in [-0.39, 0.29) is 25.9 Å². The molecule has 11 nitrogen and oxygen atoms in total. The van der Waals surface area contributed by atoms with Crippen LogP contribution in [0.4, 0.5) is 0 Å². The first-order chi connectivity index (χ1) is 32.2. The first-order valence-corrected chi connectivity index (χ1v) is 26.6. The van der Waals surface area contributed by atoms with Crippen LogP contribution in [0.5, 0.6) is 0 Å². The van der Waals surface area contributed by atoms with Gasteiger partial charge in [0.2, 0.25) is 0 Å². The molecular formula is C54H89O11P. The molecule has 376 valence electrons. The molecule has 2 N–H and O–H groups in total. The summed E-state index contributed by atoms with van der Waals surface area (Å²) in [7, 11) is -4.77. The number of aliphatic hydroxyl groups is 1. The number of aliphatic hydroxyl groups excluding tert-OH is 1. The molecule has 0 saturated heterocycles. The van der Waals surface area contributed by atoms with Gasteiger partial charge in [-0.3, -0.25) is 23.4 Å². The fourth-order valence-electron chi connectivity index (χ4n) is 6.27. The van der Waals surface area contributed by atoms with Crippen molar-refractivity contribution in [3.8, 4) is 0 Å². The highest BCUT2D eigenvalue weighted by Gasteiger charge is 2.28. The minimum absolute atomic E-state index is 0.0694.